The molecule has 4 rings (SSSR count). The number of nitrogens with one attached hydrogen (secondary N) is 1. The minimum absolute atomic E-state index is 0.0651. The molecule has 1 amide bonds. The van der Waals surface area contributed by atoms with Crippen LogP contribution in [0.4, 0.5) is 5.69 Å². The van der Waals surface area contributed by atoms with Gasteiger partial charge in [0.05, 0.1) is 11.3 Å². The van der Waals surface area contributed by atoms with Crippen molar-refractivity contribution < 1.29 is 28.6 Å². The normalized spacial score (nSPS) is 13.2. The summed E-state index contributed by atoms with van der Waals surface area (Å²) in [6.07, 6.45) is -1.00. The molecule has 1 N–H and O–H groups in total. The number of hydrogen-bond acceptors (Lipinski definition) is 6. The molecule has 7 nitrogen and oxygen atoms in total. The quantitative estimate of drug-likeness (QED) is 0.449. The second kappa shape index (κ2) is 9.34. The number of Topliss-reactive ketones (excluding diaryl/α,β-unsaturated/α-hetero) is 1. The van der Waals surface area contributed by atoms with Crippen LogP contribution in [0.25, 0.3) is 0 Å². The Hall–Kier alpha value is -4.13. The molecule has 0 spiro atoms. The minimum atomic E-state index is -1.00. The number of hydrogen-bond donors (Lipinski definition) is 1. The highest BCUT2D eigenvalue weighted by atomic mass is 16.5. The van der Waals surface area contributed by atoms with Gasteiger partial charge in [-0.2, -0.15) is 0 Å². The molecule has 0 fully saturated rings. The summed E-state index contributed by atoms with van der Waals surface area (Å²) in [5.74, 6) is -0.190. The Kier molecular flexibility index (Phi) is 6.17. The first kappa shape index (κ1) is 21.1. The molecular formula is C25H21NO6. The van der Waals surface area contributed by atoms with Crippen molar-refractivity contribution in [3.63, 3.8) is 0 Å². The highest BCUT2D eigenvalue weighted by Crippen LogP contribution is 2.29. The smallest absolute Gasteiger partial charge is 0.338 e. The van der Waals surface area contributed by atoms with E-state index < -0.39 is 12.1 Å². The van der Waals surface area contributed by atoms with Gasteiger partial charge in [0.1, 0.15) is 18.1 Å². The zero-order valence-corrected chi connectivity index (χ0v) is 17.4. The van der Waals surface area contributed by atoms with Gasteiger partial charge in [-0.15, -0.1) is 0 Å². The maximum absolute atomic E-state index is 12.7. The SMILES string of the molecule is CC(OC(=O)c1ccc(OCc2ccccc2)cc1)C(=O)c1ccc2c(c1)NC(=O)CO2. The Labute approximate surface area is 184 Å². The third-order valence-electron chi connectivity index (χ3n) is 4.89. The van der Waals surface area contributed by atoms with Crippen LogP contribution in [0.3, 0.4) is 0 Å². The molecule has 0 saturated carbocycles. The lowest BCUT2D eigenvalue weighted by molar-refractivity contribution is -0.118. The molecule has 3 aromatic carbocycles. The molecule has 1 heterocycles. The zero-order chi connectivity index (χ0) is 22.5. The Balaban J connectivity index is 1.35. The van der Waals surface area contributed by atoms with Crippen molar-refractivity contribution in [1.29, 1.82) is 0 Å². The summed E-state index contributed by atoms with van der Waals surface area (Å²) < 4.78 is 16.3. The van der Waals surface area contributed by atoms with Crippen LogP contribution in [0.1, 0.15) is 33.2 Å². The van der Waals surface area contributed by atoms with Crippen LogP contribution in [-0.2, 0) is 16.1 Å². The molecule has 0 bridgehead atoms. The summed E-state index contributed by atoms with van der Waals surface area (Å²) in [6.45, 7) is 1.86. The number of ether oxygens (including phenoxy) is 3. The largest absolute Gasteiger partial charge is 0.489 e. The van der Waals surface area contributed by atoms with Crippen LogP contribution < -0.4 is 14.8 Å². The number of fused-ring (bicyclic) bond motifs is 1. The number of ketones is 1. The van der Waals surface area contributed by atoms with Gasteiger partial charge in [-0.3, -0.25) is 9.59 Å². The predicted octanol–water partition coefficient (Wildman–Crippen LogP) is 4.02. The monoisotopic (exact) mass is 431 g/mol. The van der Waals surface area contributed by atoms with E-state index in [0.29, 0.717) is 34.9 Å². The number of benzene rings is 3. The summed E-state index contributed by atoms with van der Waals surface area (Å²) in [6, 6.07) is 21.0. The molecule has 0 aromatic heterocycles. The van der Waals surface area contributed by atoms with E-state index in [2.05, 4.69) is 5.32 Å². The maximum atomic E-state index is 12.7. The van der Waals surface area contributed by atoms with E-state index in [1.807, 2.05) is 30.3 Å². The van der Waals surface area contributed by atoms with Crippen LogP contribution >= 0.6 is 0 Å². The zero-order valence-electron chi connectivity index (χ0n) is 17.4. The van der Waals surface area contributed by atoms with Crippen molar-refractivity contribution in [3.8, 4) is 11.5 Å². The Bertz CT molecular complexity index is 1140. The van der Waals surface area contributed by atoms with Crippen molar-refractivity contribution in [2.75, 3.05) is 11.9 Å². The number of rotatable bonds is 7. The van der Waals surface area contributed by atoms with Crippen molar-refractivity contribution in [2.24, 2.45) is 0 Å². The van der Waals surface area contributed by atoms with Gasteiger partial charge in [-0.05, 0) is 55.0 Å². The third kappa shape index (κ3) is 4.95. The first-order valence-corrected chi connectivity index (χ1v) is 10.1. The van der Waals surface area contributed by atoms with Gasteiger partial charge in [0, 0.05) is 5.56 Å². The molecule has 0 radical (unpaired) electrons. The van der Waals surface area contributed by atoms with Crippen LogP contribution in [0.15, 0.2) is 72.8 Å². The maximum Gasteiger partial charge on any atom is 0.338 e. The number of carbonyl (C=O) groups excluding carboxylic acids is 3. The van der Waals surface area contributed by atoms with Gasteiger partial charge in [0.2, 0.25) is 5.78 Å². The molecule has 32 heavy (non-hydrogen) atoms. The fourth-order valence-corrected chi connectivity index (χ4v) is 3.18. The van der Waals surface area contributed by atoms with Gasteiger partial charge in [-0.25, -0.2) is 4.79 Å². The van der Waals surface area contributed by atoms with E-state index in [1.165, 1.54) is 13.0 Å². The summed E-state index contributed by atoms with van der Waals surface area (Å²) in [7, 11) is 0. The lowest BCUT2D eigenvalue weighted by Gasteiger charge is -2.19. The van der Waals surface area contributed by atoms with E-state index in [9.17, 15) is 14.4 Å². The van der Waals surface area contributed by atoms with E-state index in [-0.39, 0.29) is 18.3 Å². The fourth-order valence-electron chi connectivity index (χ4n) is 3.18. The predicted molar refractivity (Wildman–Crippen MR) is 117 cm³/mol. The van der Waals surface area contributed by atoms with Crippen molar-refractivity contribution >= 4 is 23.3 Å². The van der Waals surface area contributed by atoms with Gasteiger partial charge < -0.3 is 19.5 Å². The summed E-state index contributed by atoms with van der Waals surface area (Å²) >= 11 is 0. The van der Waals surface area contributed by atoms with Gasteiger partial charge in [-0.1, -0.05) is 30.3 Å². The Morgan fingerprint density at radius 1 is 1.00 bits per heavy atom. The van der Waals surface area contributed by atoms with Crippen molar-refractivity contribution in [3.05, 3.63) is 89.5 Å². The average molecular weight is 431 g/mol. The second-order valence-corrected chi connectivity index (χ2v) is 7.26. The van der Waals surface area contributed by atoms with Crippen LogP contribution in [-0.4, -0.2) is 30.4 Å². The third-order valence-corrected chi connectivity index (χ3v) is 4.89. The number of esters is 1. The first-order valence-electron chi connectivity index (χ1n) is 10.1. The molecule has 162 valence electrons. The van der Waals surface area contributed by atoms with Crippen molar-refractivity contribution in [1.82, 2.24) is 0 Å². The Morgan fingerprint density at radius 3 is 2.47 bits per heavy atom. The van der Waals surface area contributed by atoms with Gasteiger partial charge in [0.15, 0.2) is 12.7 Å². The standard InChI is InChI=1S/C25H21NO6/c1-16(24(28)19-9-12-22-21(13-19)26-23(27)15-31-22)32-25(29)18-7-10-20(11-8-18)30-14-17-5-3-2-4-6-17/h2-13,16H,14-15H2,1H3,(H,26,27). The lowest BCUT2D eigenvalue weighted by atomic mass is 10.1. The minimum Gasteiger partial charge on any atom is -0.489 e. The van der Waals surface area contributed by atoms with E-state index in [1.54, 1.807) is 36.4 Å². The molecule has 1 aliphatic rings. The first-order chi connectivity index (χ1) is 15.5. The number of carbonyl (C=O) groups is 3. The molecule has 3 aromatic rings. The average Bonchev–Trinajstić information content (AvgIpc) is 2.82. The molecule has 1 unspecified atom stereocenters. The summed E-state index contributed by atoms with van der Waals surface area (Å²) in [5, 5.41) is 2.65. The number of anilines is 1. The molecule has 1 atom stereocenters. The summed E-state index contributed by atoms with van der Waals surface area (Å²) in [5.41, 5.74) is 2.07. The Morgan fingerprint density at radius 2 is 1.72 bits per heavy atom. The van der Waals surface area contributed by atoms with E-state index in [0.717, 1.165) is 5.56 Å². The molecule has 0 aliphatic carbocycles. The van der Waals surface area contributed by atoms with Crippen molar-refractivity contribution in [2.45, 2.75) is 19.6 Å². The molecule has 1 aliphatic heterocycles. The highest BCUT2D eigenvalue weighted by Gasteiger charge is 2.23. The van der Waals surface area contributed by atoms with Crippen LogP contribution in [0.5, 0.6) is 11.5 Å². The van der Waals surface area contributed by atoms with E-state index in [4.69, 9.17) is 14.2 Å². The van der Waals surface area contributed by atoms with Gasteiger partial charge >= 0.3 is 5.97 Å². The molecule has 7 heteroatoms. The summed E-state index contributed by atoms with van der Waals surface area (Å²) in [4.78, 5) is 36.6. The molecule has 0 saturated heterocycles. The fraction of sp³-hybridized carbons (Fsp3) is 0.160. The highest BCUT2D eigenvalue weighted by molar-refractivity contribution is 6.04. The molecular weight excluding hydrogens is 410 g/mol. The number of amides is 1. The van der Waals surface area contributed by atoms with Crippen LogP contribution in [0.2, 0.25) is 0 Å². The van der Waals surface area contributed by atoms with Gasteiger partial charge in [0.25, 0.3) is 5.91 Å². The van der Waals surface area contributed by atoms with Crippen LogP contribution in [0, 0.1) is 0 Å². The lowest BCUT2D eigenvalue weighted by Crippen LogP contribution is -2.27. The topological polar surface area (TPSA) is 90.9 Å². The second-order valence-electron chi connectivity index (χ2n) is 7.26. The van der Waals surface area contributed by atoms with E-state index >= 15 is 0 Å².